The van der Waals surface area contributed by atoms with E-state index in [0.717, 1.165) is 24.0 Å². The van der Waals surface area contributed by atoms with E-state index in [1.165, 1.54) is 6.42 Å². The topological polar surface area (TPSA) is 24.9 Å². The maximum absolute atomic E-state index is 4.25. The molecule has 78 valence electrons. The molecule has 0 fully saturated rings. The molecule has 1 rings (SSSR count). The van der Waals surface area contributed by atoms with Crippen LogP contribution in [0.1, 0.15) is 19.0 Å². The fourth-order valence-electron chi connectivity index (χ4n) is 1.14. The average molecular weight is 210 g/mol. The van der Waals surface area contributed by atoms with E-state index >= 15 is 0 Å². The van der Waals surface area contributed by atoms with Crippen LogP contribution in [0.4, 0.5) is 0 Å². The Hall–Kier alpha value is -0.540. The number of nitrogens with zero attached hydrogens (tertiary/aromatic N) is 1. The molecule has 1 unspecified atom stereocenters. The van der Waals surface area contributed by atoms with Crippen LogP contribution in [0.2, 0.25) is 0 Å². The average Bonchev–Trinajstić information content (AvgIpc) is 2.25. The first kappa shape index (κ1) is 11.5. The molecule has 0 amide bonds. The first-order valence-electron chi connectivity index (χ1n) is 4.96. The molecule has 0 saturated carbocycles. The third-order valence-corrected chi connectivity index (χ3v) is 3.20. The molecule has 0 spiro atoms. The summed E-state index contributed by atoms with van der Waals surface area (Å²) in [5.74, 6) is 0. The van der Waals surface area contributed by atoms with Crippen molar-refractivity contribution in [3.8, 4) is 0 Å². The Kier molecular flexibility index (Phi) is 5.64. The van der Waals surface area contributed by atoms with E-state index in [4.69, 9.17) is 0 Å². The zero-order valence-corrected chi connectivity index (χ0v) is 9.68. The Balaban J connectivity index is 2.10. The SMILES string of the molecule is CSC(C)CCNCc1ccccn1. The minimum atomic E-state index is 0.742. The van der Waals surface area contributed by atoms with Crippen molar-refractivity contribution in [2.75, 3.05) is 12.8 Å². The van der Waals surface area contributed by atoms with E-state index in [1.54, 1.807) is 0 Å². The van der Waals surface area contributed by atoms with Crippen molar-refractivity contribution in [1.82, 2.24) is 10.3 Å². The summed E-state index contributed by atoms with van der Waals surface area (Å²) in [5.41, 5.74) is 1.12. The van der Waals surface area contributed by atoms with Crippen LogP contribution in [0.25, 0.3) is 0 Å². The number of thioether (sulfide) groups is 1. The number of hydrogen-bond acceptors (Lipinski definition) is 3. The molecule has 0 bridgehead atoms. The first-order valence-corrected chi connectivity index (χ1v) is 6.25. The number of nitrogens with one attached hydrogen (secondary N) is 1. The third-order valence-electron chi connectivity index (χ3n) is 2.16. The summed E-state index contributed by atoms with van der Waals surface area (Å²) in [5, 5.41) is 4.13. The van der Waals surface area contributed by atoms with Gasteiger partial charge in [0.1, 0.15) is 0 Å². The van der Waals surface area contributed by atoms with Gasteiger partial charge < -0.3 is 5.32 Å². The summed E-state index contributed by atoms with van der Waals surface area (Å²) in [6, 6.07) is 6.01. The van der Waals surface area contributed by atoms with Crippen molar-refractivity contribution in [2.45, 2.75) is 25.1 Å². The lowest BCUT2D eigenvalue weighted by molar-refractivity contribution is 0.639. The van der Waals surface area contributed by atoms with Crippen LogP contribution in [0, 0.1) is 0 Å². The smallest absolute Gasteiger partial charge is 0.0541 e. The number of rotatable bonds is 6. The number of hydrogen-bond donors (Lipinski definition) is 1. The molecule has 1 atom stereocenters. The van der Waals surface area contributed by atoms with Gasteiger partial charge in [-0.25, -0.2) is 0 Å². The van der Waals surface area contributed by atoms with Crippen molar-refractivity contribution in [3.63, 3.8) is 0 Å². The van der Waals surface area contributed by atoms with Crippen LogP contribution in [0.15, 0.2) is 24.4 Å². The quantitative estimate of drug-likeness (QED) is 0.729. The van der Waals surface area contributed by atoms with Crippen LogP contribution in [-0.2, 0) is 6.54 Å². The standard InChI is InChI=1S/C11H18N2S/c1-10(14-2)6-8-12-9-11-5-3-4-7-13-11/h3-5,7,10,12H,6,8-9H2,1-2H3. The maximum Gasteiger partial charge on any atom is 0.0541 e. The lowest BCUT2D eigenvalue weighted by Crippen LogP contribution is -2.18. The van der Waals surface area contributed by atoms with Gasteiger partial charge in [0.05, 0.1) is 5.69 Å². The second kappa shape index (κ2) is 6.85. The van der Waals surface area contributed by atoms with Crippen LogP contribution < -0.4 is 5.32 Å². The van der Waals surface area contributed by atoms with Gasteiger partial charge >= 0.3 is 0 Å². The molecule has 3 heteroatoms. The minimum Gasteiger partial charge on any atom is -0.311 e. The monoisotopic (exact) mass is 210 g/mol. The van der Waals surface area contributed by atoms with E-state index in [9.17, 15) is 0 Å². The summed E-state index contributed by atoms with van der Waals surface area (Å²) in [6.07, 6.45) is 5.21. The fraction of sp³-hybridized carbons (Fsp3) is 0.545. The minimum absolute atomic E-state index is 0.742. The summed E-state index contributed by atoms with van der Waals surface area (Å²) in [4.78, 5) is 4.25. The molecule has 1 aromatic rings. The van der Waals surface area contributed by atoms with Crippen molar-refractivity contribution in [2.24, 2.45) is 0 Å². The van der Waals surface area contributed by atoms with E-state index in [0.29, 0.717) is 0 Å². The Labute approximate surface area is 90.5 Å². The van der Waals surface area contributed by atoms with Crippen LogP contribution in [0.3, 0.4) is 0 Å². The molecule has 0 aromatic carbocycles. The van der Waals surface area contributed by atoms with Gasteiger partial charge in [-0.1, -0.05) is 13.0 Å². The van der Waals surface area contributed by atoms with Crippen molar-refractivity contribution in [1.29, 1.82) is 0 Å². The Bertz CT molecular complexity index is 238. The molecule has 1 aromatic heterocycles. The van der Waals surface area contributed by atoms with Crippen LogP contribution in [0.5, 0.6) is 0 Å². The van der Waals surface area contributed by atoms with Gasteiger partial charge in [0.2, 0.25) is 0 Å². The zero-order chi connectivity index (χ0) is 10.2. The van der Waals surface area contributed by atoms with E-state index < -0.39 is 0 Å². The predicted molar refractivity (Wildman–Crippen MR) is 63.5 cm³/mol. The molecule has 14 heavy (non-hydrogen) atoms. The highest BCUT2D eigenvalue weighted by Gasteiger charge is 1.98. The van der Waals surface area contributed by atoms with Crippen LogP contribution in [-0.4, -0.2) is 23.0 Å². The Morgan fingerprint density at radius 1 is 1.50 bits per heavy atom. The molecule has 2 nitrogen and oxygen atoms in total. The molecular formula is C11H18N2S. The highest BCUT2D eigenvalue weighted by atomic mass is 32.2. The van der Waals surface area contributed by atoms with Crippen LogP contribution >= 0.6 is 11.8 Å². The molecular weight excluding hydrogens is 192 g/mol. The highest BCUT2D eigenvalue weighted by Crippen LogP contribution is 2.07. The number of pyridine rings is 1. The number of aromatic nitrogens is 1. The maximum atomic E-state index is 4.25. The van der Waals surface area contributed by atoms with Gasteiger partial charge in [0.25, 0.3) is 0 Å². The molecule has 0 aliphatic heterocycles. The molecule has 1 N–H and O–H groups in total. The van der Waals surface area contributed by atoms with Gasteiger partial charge in [-0.05, 0) is 31.4 Å². The highest BCUT2D eigenvalue weighted by molar-refractivity contribution is 7.99. The third kappa shape index (κ3) is 4.63. The van der Waals surface area contributed by atoms with Gasteiger partial charge in [-0.15, -0.1) is 0 Å². The molecule has 0 radical (unpaired) electrons. The largest absolute Gasteiger partial charge is 0.311 e. The Morgan fingerprint density at radius 3 is 3.00 bits per heavy atom. The van der Waals surface area contributed by atoms with Gasteiger partial charge in [-0.3, -0.25) is 4.98 Å². The zero-order valence-electron chi connectivity index (χ0n) is 8.86. The normalized spacial score (nSPS) is 12.7. The predicted octanol–water partition coefficient (Wildman–Crippen LogP) is 2.31. The van der Waals surface area contributed by atoms with Crippen molar-refractivity contribution < 1.29 is 0 Å². The van der Waals surface area contributed by atoms with Crippen molar-refractivity contribution in [3.05, 3.63) is 30.1 Å². The Morgan fingerprint density at radius 2 is 2.36 bits per heavy atom. The molecule has 0 saturated heterocycles. The summed E-state index contributed by atoms with van der Waals surface area (Å²) < 4.78 is 0. The second-order valence-electron chi connectivity index (χ2n) is 3.33. The second-order valence-corrected chi connectivity index (χ2v) is 4.61. The van der Waals surface area contributed by atoms with E-state index in [2.05, 4.69) is 23.5 Å². The molecule has 0 aliphatic rings. The van der Waals surface area contributed by atoms with Crippen molar-refractivity contribution >= 4 is 11.8 Å². The lowest BCUT2D eigenvalue weighted by Gasteiger charge is -2.08. The summed E-state index contributed by atoms with van der Waals surface area (Å²) in [7, 11) is 0. The molecule has 0 aliphatic carbocycles. The molecule has 1 heterocycles. The van der Waals surface area contributed by atoms with E-state index in [-0.39, 0.29) is 0 Å². The van der Waals surface area contributed by atoms with Gasteiger partial charge in [0.15, 0.2) is 0 Å². The fourth-order valence-corrected chi connectivity index (χ4v) is 1.50. The lowest BCUT2D eigenvalue weighted by atomic mass is 10.3. The van der Waals surface area contributed by atoms with Gasteiger partial charge in [0, 0.05) is 18.0 Å². The summed E-state index contributed by atoms with van der Waals surface area (Å²) in [6.45, 7) is 4.20. The van der Waals surface area contributed by atoms with E-state index in [1.807, 2.05) is 36.2 Å². The first-order chi connectivity index (χ1) is 6.83. The summed E-state index contributed by atoms with van der Waals surface area (Å²) >= 11 is 1.92. The van der Waals surface area contributed by atoms with Gasteiger partial charge in [-0.2, -0.15) is 11.8 Å².